The number of amides is 3. The van der Waals surface area contributed by atoms with Crippen LogP contribution in [0.4, 0.5) is 14.9 Å². The van der Waals surface area contributed by atoms with Crippen LogP contribution in [-0.2, 0) is 0 Å². The largest absolute Gasteiger partial charge is 0.497 e. The maximum atomic E-state index is 15.0. The van der Waals surface area contributed by atoms with Crippen molar-refractivity contribution in [3.8, 4) is 22.7 Å². The van der Waals surface area contributed by atoms with Gasteiger partial charge in [0.05, 0.1) is 24.1 Å². The molecule has 39 heavy (non-hydrogen) atoms. The fourth-order valence-electron chi connectivity index (χ4n) is 4.93. The van der Waals surface area contributed by atoms with Crippen molar-refractivity contribution in [1.29, 1.82) is 0 Å². The number of urea groups is 1. The highest BCUT2D eigenvalue weighted by Crippen LogP contribution is 2.32. The zero-order chi connectivity index (χ0) is 27.5. The topological polar surface area (TPSA) is 66.8 Å². The predicted molar refractivity (Wildman–Crippen MR) is 150 cm³/mol. The van der Waals surface area contributed by atoms with Crippen molar-refractivity contribution in [3.05, 3.63) is 102 Å². The van der Waals surface area contributed by atoms with E-state index in [1.807, 2.05) is 68.4 Å². The minimum atomic E-state index is -0.377. The maximum absolute atomic E-state index is 15.0. The quantitative estimate of drug-likeness (QED) is 0.352. The molecule has 1 aromatic heterocycles. The van der Waals surface area contributed by atoms with Gasteiger partial charge in [0.2, 0.25) is 0 Å². The predicted octanol–water partition coefficient (Wildman–Crippen LogP) is 5.90. The zero-order valence-electron chi connectivity index (χ0n) is 22.3. The Morgan fingerprint density at radius 1 is 0.846 bits per heavy atom. The Balaban J connectivity index is 1.39. The first-order valence-corrected chi connectivity index (χ1v) is 12.9. The summed E-state index contributed by atoms with van der Waals surface area (Å²) in [5, 5.41) is 2.96. The van der Waals surface area contributed by atoms with E-state index in [-0.39, 0.29) is 17.8 Å². The van der Waals surface area contributed by atoms with Crippen LogP contribution in [0.5, 0.6) is 5.75 Å². The summed E-state index contributed by atoms with van der Waals surface area (Å²) in [4.78, 5) is 30.0. The van der Waals surface area contributed by atoms with Gasteiger partial charge in [-0.15, -0.1) is 0 Å². The number of piperazine rings is 1. The molecule has 2 heterocycles. The Morgan fingerprint density at radius 2 is 1.49 bits per heavy atom. The smallest absolute Gasteiger partial charge is 0.321 e. The van der Waals surface area contributed by atoms with E-state index in [0.29, 0.717) is 54.6 Å². The highest BCUT2D eigenvalue weighted by atomic mass is 19.1. The van der Waals surface area contributed by atoms with E-state index in [0.717, 1.165) is 16.8 Å². The molecule has 5 rings (SSSR count). The number of hydrogen-bond acceptors (Lipinski definition) is 3. The van der Waals surface area contributed by atoms with Crippen LogP contribution >= 0.6 is 0 Å². The van der Waals surface area contributed by atoms with Crippen molar-refractivity contribution in [2.24, 2.45) is 0 Å². The number of carbonyl (C=O) groups is 2. The number of carbonyl (C=O) groups excluding carboxylic acids is 2. The molecule has 1 aliphatic heterocycles. The van der Waals surface area contributed by atoms with Gasteiger partial charge in [0.25, 0.3) is 5.91 Å². The van der Waals surface area contributed by atoms with Gasteiger partial charge in [-0.2, -0.15) is 0 Å². The Morgan fingerprint density at radius 3 is 2.15 bits per heavy atom. The number of ether oxygens (including phenoxy) is 1. The Hall–Kier alpha value is -4.59. The number of aryl methyl sites for hydroxylation is 1. The molecule has 4 aromatic rings. The second-order valence-electron chi connectivity index (χ2n) is 9.57. The monoisotopic (exact) mass is 526 g/mol. The molecule has 0 bridgehead atoms. The number of halogens is 1. The summed E-state index contributed by atoms with van der Waals surface area (Å²) >= 11 is 0. The van der Waals surface area contributed by atoms with Gasteiger partial charge in [0.1, 0.15) is 11.6 Å². The average Bonchev–Trinajstić information content (AvgIpc) is 3.30. The van der Waals surface area contributed by atoms with E-state index in [9.17, 15) is 14.0 Å². The van der Waals surface area contributed by atoms with Gasteiger partial charge in [-0.3, -0.25) is 4.79 Å². The van der Waals surface area contributed by atoms with Crippen molar-refractivity contribution < 1.29 is 18.7 Å². The van der Waals surface area contributed by atoms with E-state index in [4.69, 9.17) is 4.74 Å². The number of nitrogens with one attached hydrogen (secondary N) is 1. The first-order valence-electron chi connectivity index (χ1n) is 12.9. The highest BCUT2D eigenvalue weighted by molar-refractivity contribution is 5.98. The standard InChI is InChI=1S/C31H31FN4O3/c1-21-8-4-6-10-27(21)33-31(38)35-18-16-34(17-19-35)30(37)25-20-29(23-12-14-24(39-3)15-13-23)36(22(25)2)28-11-7-5-9-26(28)32/h4-15,20H,16-19H2,1-3H3,(H,33,38). The lowest BCUT2D eigenvalue weighted by atomic mass is 10.1. The molecule has 1 fully saturated rings. The molecule has 0 saturated carbocycles. The van der Waals surface area contributed by atoms with Gasteiger partial charge < -0.3 is 24.4 Å². The summed E-state index contributed by atoms with van der Waals surface area (Å²) in [5.74, 6) is 0.189. The molecule has 3 amide bonds. The molecule has 1 aliphatic rings. The maximum Gasteiger partial charge on any atom is 0.321 e. The molecule has 7 nitrogen and oxygen atoms in total. The summed E-state index contributed by atoms with van der Waals surface area (Å²) in [6.07, 6.45) is 0. The van der Waals surface area contributed by atoms with Crippen LogP contribution in [0.2, 0.25) is 0 Å². The highest BCUT2D eigenvalue weighted by Gasteiger charge is 2.28. The molecule has 0 aliphatic carbocycles. The summed E-state index contributed by atoms with van der Waals surface area (Å²) in [5.41, 5.74) is 4.83. The van der Waals surface area contributed by atoms with Gasteiger partial charge in [-0.1, -0.05) is 30.3 Å². The lowest BCUT2D eigenvalue weighted by Gasteiger charge is -2.34. The molecule has 1 saturated heterocycles. The minimum absolute atomic E-state index is 0.142. The summed E-state index contributed by atoms with van der Waals surface area (Å²) < 4.78 is 22.0. The number of hydrogen-bond donors (Lipinski definition) is 1. The first-order chi connectivity index (χ1) is 18.9. The normalized spacial score (nSPS) is 13.3. The van der Waals surface area contributed by atoms with Gasteiger partial charge in [-0.25, -0.2) is 9.18 Å². The molecule has 0 unspecified atom stereocenters. The molecule has 8 heteroatoms. The number of anilines is 1. The van der Waals surface area contributed by atoms with Gasteiger partial charge in [0.15, 0.2) is 0 Å². The molecule has 1 N–H and O–H groups in total. The van der Waals surface area contributed by atoms with E-state index >= 15 is 0 Å². The van der Waals surface area contributed by atoms with Crippen LogP contribution in [0, 0.1) is 19.7 Å². The molecular weight excluding hydrogens is 495 g/mol. The van der Waals surface area contributed by atoms with Gasteiger partial charge in [0, 0.05) is 37.6 Å². The molecular formula is C31H31FN4O3. The van der Waals surface area contributed by atoms with Crippen molar-refractivity contribution in [2.45, 2.75) is 13.8 Å². The molecule has 200 valence electrons. The second kappa shape index (κ2) is 11.0. The van der Waals surface area contributed by atoms with E-state index in [1.54, 1.807) is 39.7 Å². The number of aromatic nitrogens is 1. The van der Waals surface area contributed by atoms with Crippen LogP contribution in [0.15, 0.2) is 78.9 Å². The lowest BCUT2D eigenvalue weighted by Crippen LogP contribution is -2.51. The van der Waals surface area contributed by atoms with Crippen molar-refractivity contribution in [3.63, 3.8) is 0 Å². The summed E-state index contributed by atoms with van der Waals surface area (Å²) in [6.45, 7) is 5.43. The first kappa shape index (κ1) is 26.0. The number of nitrogens with zero attached hydrogens (tertiary/aromatic N) is 3. The van der Waals surface area contributed by atoms with Crippen LogP contribution in [0.25, 0.3) is 16.9 Å². The fraction of sp³-hybridized carbons (Fsp3) is 0.226. The SMILES string of the molecule is COc1ccc(-c2cc(C(=O)N3CCN(C(=O)Nc4ccccc4C)CC3)c(C)n2-c2ccccc2F)cc1. The molecule has 3 aromatic carbocycles. The van der Waals surface area contributed by atoms with Crippen LogP contribution in [-0.4, -0.2) is 59.6 Å². The third-order valence-corrected chi connectivity index (χ3v) is 7.20. The molecule has 0 radical (unpaired) electrons. The fourth-order valence-corrected chi connectivity index (χ4v) is 4.93. The van der Waals surface area contributed by atoms with Crippen molar-refractivity contribution in [2.75, 3.05) is 38.6 Å². The van der Waals surface area contributed by atoms with Crippen LogP contribution < -0.4 is 10.1 Å². The third kappa shape index (κ3) is 5.23. The summed E-state index contributed by atoms with van der Waals surface area (Å²) in [6, 6.07) is 23.3. The van der Waals surface area contributed by atoms with Crippen LogP contribution in [0.1, 0.15) is 21.6 Å². The number of benzene rings is 3. The number of para-hydroxylation sites is 2. The van der Waals surface area contributed by atoms with Crippen LogP contribution in [0.3, 0.4) is 0 Å². The Kier molecular flexibility index (Phi) is 7.36. The average molecular weight is 527 g/mol. The van der Waals surface area contributed by atoms with Gasteiger partial charge >= 0.3 is 6.03 Å². The number of rotatable bonds is 5. The lowest BCUT2D eigenvalue weighted by molar-refractivity contribution is 0.0671. The molecule has 0 spiro atoms. The number of methoxy groups -OCH3 is 1. The van der Waals surface area contributed by atoms with E-state index in [1.165, 1.54) is 6.07 Å². The Bertz CT molecular complexity index is 1500. The van der Waals surface area contributed by atoms with Gasteiger partial charge in [-0.05, 0) is 73.5 Å². The van der Waals surface area contributed by atoms with Crippen molar-refractivity contribution >= 4 is 17.6 Å². The summed E-state index contributed by atoms with van der Waals surface area (Å²) in [7, 11) is 1.60. The Labute approximate surface area is 227 Å². The van der Waals surface area contributed by atoms with Crippen molar-refractivity contribution in [1.82, 2.24) is 14.4 Å². The van der Waals surface area contributed by atoms with E-state index < -0.39 is 0 Å². The molecule has 0 atom stereocenters. The zero-order valence-corrected chi connectivity index (χ0v) is 22.3. The second-order valence-corrected chi connectivity index (χ2v) is 9.57. The third-order valence-electron chi connectivity index (χ3n) is 7.20. The van der Waals surface area contributed by atoms with E-state index in [2.05, 4.69) is 5.32 Å². The minimum Gasteiger partial charge on any atom is -0.497 e.